The molecule has 0 saturated heterocycles. The highest BCUT2D eigenvalue weighted by Gasteiger charge is 2.20. The lowest BCUT2D eigenvalue weighted by Gasteiger charge is -2.26. The molecule has 0 atom stereocenters. The van der Waals surface area contributed by atoms with E-state index in [2.05, 4.69) is 11.1 Å². The predicted octanol–water partition coefficient (Wildman–Crippen LogP) is 3.51. The number of carbonyl (C=O) groups excluding carboxylic acids is 1. The second-order valence-electron chi connectivity index (χ2n) is 5.19. The van der Waals surface area contributed by atoms with Crippen molar-refractivity contribution in [3.05, 3.63) is 72.1 Å². The van der Waals surface area contributed by atoms with Crippen LogP contribution in [-0.2, 0) is 11.3 Å². The third kappa shape index (κ3) is 3.52. The van der Waals surface area contributed by atoms with E-state index in [4.69, 9.17) is 4.74 Å². The summed E-state index contributed by atoms with van der Waals surface area (Å²) in [4.78, 5) is 18.3. The van der Waals surface area contributed by atoms with Gasteiger partial charge in [0.2, 0.25) is 0 Å². The zero-order valence-corrected chi connectivity index (χ0v) is 12.3. The Labute approximate surface area is 130 Å². The first kappa shape index (κ1) is 14.3. The van der Waals surface area contributed by atoms with Crippen LogP contribution < -0.4 is 0 Å². The van der Waals surface area contributed by atoms with Gasteiger partial charge in [-0.05, 0) is 29.7 Å². The summed E-state index contributed by atoms with van der Waals surface area (Å²) in [7, 11) is 0. The zero-order valence-electron chi connectivity index (χ0n) is 12.3. The van der Waals surface area contributed by atoms with Crippen LogP contribution in [0.4, 0.5) is 4.79 Å². The van der Waals surface area contributed by atoms with Gasteiger partial charge in [-0.3, -0.25) is 4.98 Å². The Morgan fingerprint density at radius 2 is 1.95 bits per heavy atom. The van der Waals surface area contributed by atoms with Crippen LogP contribution in [0.25, 0.3) is 5.57 Å². The van der Waals surface area contributed by atoms with Gasteiger partial charge in [0.25, 0.3) is 0 Å². The van der Waals surface area contributed by atoms with Gasteiger partial charge in [-0.15, -0.1) is 0 Å². The summed E-state index contributed by atoms with van der Waals surface area (Å²) in [5, 5.41) is 0. The Hall–Kier alpha value is -2.62. The number of carbonyl (C=O) groups is 1. The summed E-state index contributed by atoms with van der Waals surface area (Å²) in [6.07, 6.45) is 4.46. The number of pyridine rings is 1. The summed E-state index contributed by atoms with van der Waals surface area (Å²) in [5.74, 6) is 0. The van der Waals surface area contributed by atoms with Crippen LogP contribution in [-0.4, -0.2) is 29.1 Å². The van der Waals surface area contributed by atoms with Gasteiger partial charge in [-0.25, -0.2) is 4.79 Å². The van der Waals surface area contributed by atoms with E-state index >= 15 is 0 Å². The number of nitrogens with zero attached hydrogens (tertiary/aromatic N) is 2. The molecule has 0 radical (unpaired) electrons. The molecule has 0 bridgehead atoms. The molecular weight excluding hydrogens is 276 g/mol. The Morgan fingerprint density at radius 3 is 2.73 bits per heavy atom. The average molecular weight is 294 g/mol. The largest absolute Gasteiger partial charge is 0.445 e. The van der Waals surface area contributed by atoms with Crippen molar-refractivity contribution >= 4 is 11.7 Å². The fourth-order valence-corrected chi connectivity index (χ4v) is 2.45. The number of aromatic nitrogens is 1. The molecule has 112 valence electrons. The first-order valence-corrected chi connectivity index (χ1v) is 7.39. The first-order chi connectivity index (χ1) is 10.8. The highest BCUT2D eigenvalue weighted by molar-refractivity contribution is 5.74. The number of benzene rings is 1. The third-order valence-electron chi connectivity index (χ3n) is 3.61. The summed E-state index contributed by atoms with van der Waals surface area (Å²) >= 11 is 0. The lowest BCUT2D eigenvalue weighted by molar-refractivity contribution is 0.100. The Balaban J connectivity index is 1.59. The molecule has 0 saturated carbocycles. The zero-order chi connectivity index (χ0) is 15.2. The second kappa shape index (κ2) is 6.89. The number of amides is 1. The van der Waals surface area contributed by atoms with E-state index in [9.17, 15) is 4.79 Å². The molecule has 1 aromatic carbocycles. The smallest absolute Gasteiger partial charge is 0.410 e. The molecule has 0 aliphatic carbocycles. The van der Waals surface area contributed by atoms with Gasteiger partial charge in [0.05, 0.1) is 12.2 Å². The van der Waals surface area contributed by atoms with Gasteiger partial charge in [-0.1, -0.05) is 42.5 Å². The van der Waals surface area contributed by atoms with Crippen LogP contribution in [0, 0.1) is 0 Å². The van der Waals surface area contributed by atoms with E-state index in [0.717, 1.165) is 23.3 Å². The van der Waals surface area contributed by atoms with Crippen LogP contribution >= 0.6 is 0 Å². The van der Waals surface area contributed by atoms with E-state index in [1.54, 1.807) is 11.1 Å². The molecule has 0 spiro atoms. The SMILES string of the molecule is O=C(OCc1ccccc1)N1CCC=C(c2ccccn2)C1. The van der Waals surface area contributed by atoms with Crippen molar-refractivity contribution in [2.45, 2.75) is 13.0 Å². The maximum atomic E-state index is 12.2. The molecule has 0 fully saturated rings. The van der Waals surface area contributed by atoms with Gasteiger partial charge in [-0.2, -0.15) is 0 Å². The van der Waals surface area contributed by atoms with Gasteiger partial charge in [0.1, 0.15) is 6.61 Å². The number of ether oxygens (including phenoxy) is 1. The van der Waals surface area contributed by atoms with Gasteiger partial charge >= 0.3 is 6.09 Å². The summed E-state index contributed by atoms with van der Waals surface area (Å²) in [6, 6.07) is 15.5. The van der Waals surface area contributed by atoms with Crippen LogP contribution in [0.3, 0.4) is 0 Å². The lowest BCUT2D eigenvalue weighted by atomic mass is 10.1. The molecule has 1 aromatic heterocycles. The second-order valence-corrected chi connectivity index (χ2v) is 5.19. The summed E-state index contributed by atoms with van der Waals surface area (Å²) < 4.78 is 5.39. The minimum atomic E-state index is -0.273. The number of rotatable bonds is 3. The monoisotopic (exact) mass is 294 g/mol. The van der Waals surface area contributed by atoms with E-state index in [0.29, 0.717) is 19.7 Å². The van der Waals surface area contributed by atoms with Gasteiger partial charge in [0.15, 0.2) is 0 Å². The molecule has 1 aliphatic heterocycles. The molecule has 2 aromatic rings. The van der Waals surface area contributed by atoms with Crippen molar-refractivity contribution in [2.24, 2.45) is 0 Å². The standard InChI is InChI=1S/C18H18N2O2/c21-18(22-14-15-7-2-1-3-8-15)20-12-6-9-16(13-20)17-10-4-5-11-19-17/h1-5,7-11H,6,12-14H2. The minimum absolute atomic E-state index is 0.273. The van der Waals surface area contributed by atoms with Crippen molar-refractivity contribution in [3.8, 4) is 0 Å². The summed E-state index contributed by atoms with van der Waals surface area (Å²) in [5.41, 5.74) is 2.99. The molecule has 2 heterocycles. The topological polar surface area (TPSA) is 42.4 Å². The molecular formula is C18H18N2O2. The predicted molar refractivity (Wildman–Crippen MR) is 85.0 cm³/mol. The molecule has 22 heavy (non-hydrogen) atoms. The highest BCUT2D eigenvalue weighted by Crippen LogP contribution is 2.19. The normalized spacial score (nSPS) is 14.4. The van der Waals surface area contributed by atoms with E-state index in [1.165, 1.54) is 0 Å². The fourth-order valence-electron chi connectivity index (χ4n) is 2.45. The molecule has 1 aliphatic rings. The quantitative estimate of drug-likeness (QED) is 0.870. The molecule has 0 unspecified atom stereocenters. The molecule has 3 rings (SSSR count). The van der Waals surface area contributed by atoms with Crippen LogP contribution in [0.15, 0.2) is 60.8 Å². The van der Waals surface area contributed by atoms with Crippen molar-refractivity contribution in [3.63, 3.8) is 0 Å². The molecule has 4 nitrogen and oxygen atoms in total. The van der Waals surface area contributed by atoms with Crippen molar-refractivity contribution in [2.75, 3.05) is 13.1 Å². The first-order valence-electron chi connectivity index (χ1n) is 7.39. The average Bonchev–Trinajstić information content (AvgIpc) is 2.61. The van der Waals surface area contributed by atoms with Gasteiger partial charge < -0.3 is 9.64 Å². The Morgan fingerprint density at radius 1 is 1.14 bits per heavy atom. The van der Waals surface area contributed by atoms with Crippen molar-refractivity contribution < 1.29 is 9.53 Å². The van der Waals surface area contributed by atoms with Crippen LogP contribution in [0.2, 0.25) is 0 Å². The minimum Gasteiger partial charge on any atom is -0.445 e. The number of hydrogen-bond donors (Lipinski definition) is 0. The number of hydrogen-bond acceptors (Lipinski definition) is 3. The highest BCUT2D eigenvalue weighted by atomic mass is 16.6. The maximum Gasteiger partial charge on any atom is 0.410 e. The fraction of sp³-hybridized carbons (Fsp3) is 0.222. The molecule has 4 heteroatoms. The van der Waals surface area contributed by atoms with Crippen molar-refractivity contribution in [1.29, 1.82) is 0 Å². The Kier molecular flexibility index (Phi) is 4.49. The molecule has 0 N–H and O–H groups in total. The van der Waals surface area contributed by atoms with Gasteiger partial charge in [0, 0.05) is 12.7 Å². The van der Waals surface area contributed by atoms with E-state index in [-0.39, 0.29) is 6.09 Å². The van der Waals surface area contributed by atoms with E-state index < -0.39 is 0 Å². The Bertz CT molecular complexity index is 653. The summed E-state index contributed by atoms with van der Waals surface area (Å²) in [6.45, 7) is 1.54. The van der Waals surface area contributed by atoms with E-state index in [1.807, 2.05) is 48.5 Å². The van der Waals surface area contributed by atoms with Crippen LogP contribution in [0.5, 0.6) is 0 Å². The third-order valence-corrected chi connectivity index (χ3v) is 3.61. The van der Waals surface area contributed by atoms with Crippen LogP contribution in [0.1, 0.15) is 17.7 Å². The maximum absolute atomic E-state index is 12.2. The lowest BCUT2D eigenvalue weighted by Crippen LogP contribution is -2.35. The molecule has 1 amide bonds. The van der Waals surface area contributed by atoms with Crippen molar-refractivity contribution in [1.82, 2.24) is 9.88 Å².